The third-order valence-electron chi connectivity index (χ3n) is 3.60. The third-order valence-corrected chi connectivity index (χ3v) is 3.60. The van der Waals surface area contributed by atoms with Crippen LogP contribution in [0.5, 0.6) is 5.75 Å². The van der Waals surface area contributed by atoms with Gasteiger partial charge in [-0.3, -0.25) is 4.79 Å². The van der Waals surface area contributed by atoms with E-state index in [1.807, 2.05) is 12.1 Å². The summed E-state index contributed by atoms with van der Waals surface area (Å²) in [5.41, 5.74) is 1.68. The second kappa shape index (κ2) is 5.47. The fraction of sp³-hybridized carbons (Fsp3) is 0.333. The molecule has 1 aliphatic rings. The number of carbonyl (C=O) groups excluding carboxylic acids is 1. The average Bonchev–Trinajstić information content (AvgIpc) is 2.93. The highest BCUT2D eigenvalue weighted by Crippen LogP contribution is 2.21. The Morgan fingerprint density at radius 1 is 1.24 bits per heavy atom. The molecule has 0 spiro atoms. The maximum absolute atomic E-state index is 12.2. The summed E-state index contributed by atoms with van der Waals surface area (Å²) in [4.78, 5) is 16.2. The molecule has 2 heterocycles. The molecule has 0 bridgehead atoms. The van der Waals surface area contributed by atoms with Gasteiger partial charge in [0, 0.05) is 44.0 Å². The Morgan fingerprint density at radius 2 is 2.00 bits per heavy atom. The number of piperazine rings is 1. The summed E-state index contributed by atoms with van der Waals surface area (Å²) in [6, 6.07) is 8.81. The number of phenolic OH excluding ortho intramolecular Hbond substituents is 1. The summed E-state index contributed by atoms with van der Waals surface area (Å²) in [7, 11) is 0. The molecular weight excluding hydrogens is 270 g/mol. The van der Waals surface area contributed by atoms with Gasteiger partial charge in [0.2, 0.25) is 5.76 Å². The molecule has 6 nitrogen and oxygen atoms in total. The van der Waals surface area contributed by atoms with Crippen LogP contribution in [0.1, 0.15) is 16.2 Å². The minimum atomic E-state index is -0.119. The van der Waals surface area contributed by atoms with E-state index in [4.69, 9.17) is 4.52 Å². The van der Waals surface area contributed by atoms with E-state index in [0.717, 1.165) is 18.8 Å². The molecule has 1 saturated heterocycles. The first-order valence-electron chi connectivity index (χ1n) is 6.90. The van der Waals surface area contributed by atoms with Gasteiger partial charge in [-0.25, -0.2) is 0 Å². The van der Waals surface area contributed by atoms with Crippen LogP contribution in [0.25, 0.3) is 0 Å². The summed E-state index contributed by atoms with van der Waals surface area (Å²) in [6.07, 6.45) is 0. The molecule has 2 aromatic rings. The second-order valence-electron chi connectivity index (χ2n) is 5.13. The number of aryl methyl sites for hydroxylation is 1. The zero-order valence-electron chi connectivity index (χ0n) is 11.8. The molecule has 1 aromatic heterocycles. The molecule has 0 radical (unpaired) electrons. The zero-order chi connectivity index (χ0) is 14.8. The van der Waals surface area contributed by atoms with E-state index in [-0.39, 0.29) is 11.7 Å². The maximum Gasteiger partial charge on any atom is 0.292 e. The summed E-state index contributed by atoms with van der Waals surface area (Å²) in [5, 5.41) is 13.3. The summed E-state index contributed by atoms with van der Waals surface area (Å²) >= 11 is 0. The van der Waals surface area contributed by atoms with Crippen molar-refractivity contribution < 1.29 is 14.4 Å². The van der Waals surface area contributed by atoms with Crippen molar-refractivity contribution in [1.82, 2.24) is 10.1 Å². The first-order chi connectivity index (χ1) is 10.1. The quantitative estimate of drug-likeness (QED) is 0.909. The van der Waals surface area contributed by atoms with Crippen molar-refractivity contribution in [2.75, 3.05) is 31.1 Å². The number of hydrogen-bond acceptors (Lipinski definition) is 5. The van der Waals surface area contributed by atoms with Crippen molar-refractivity contribution in [3.05, 3.63) is 41.8 Å². The molecule has 1 aliphatic heterocycles. The van der Waals surface area contributed by atoms with Gasteiger partial charge in [0.25, 0.3) is 5.91 Å². The fourth-order valence-corrected chi connectivity index (χ4v) is 2.48. The van der Waals surface area contributed by atoms with Crippen molar-refractivity contribution in [3.63, 3.8) is 0 Å². The van der Waals surface area contributed by atoms with Crippen LogP contribution in [0.15, 0.2) is 34.9 Å². The maximum atomic E-state index is 12.2. The molecule has 21 heavy (non-hydrogen) atoms. The largest absolute Gasteiger partial charge is 0.508 e. The van der Waals surface area contributed by atoms with Gasteiger partial charge in [-0.2, -0.15) is 0 Å². The van der Waals surface area contributed by atoms with Crippen molar-refractivity contribution in [2.24, 2.45) is 0 Å². The molecule has 110 valence electrons. The van der Waals surface area contributed by atoms with Crippen LogP contribution in [0.4, 0.5) is 5.69 Å². The summed E-state index contributed by atoms with van der Waals surface area (Å²) < 4.78 is 5.02. The van der Waals surface area contributed by atoms with E-state index < -0.39 is 0 Å². The van der Waals surface area contributed by atoms with E-state index >= 15 is 0 Å². The molecule has 6 heteroatoms. The molecule has 0 aliphatic carbocycles. The zero-order valence-corrected chi connectivity index (χ0v) is 11.8. The SMILES string of the molecule is Cc1cc(C(=O)N2CCN(c3cccc(O)c3)CC2)on1. The lowest BCUT2D eigenvalue weighted by Crippen LogP contribution is -2.48. The van der Waals surface area contributed by atoms with Gasteiger partial charge >= 0.3 is 0 Å². The van der Waals surface area contributed by atoms with Crippen molar-refractivity contribution >= 4 is 11.6 Å². The number of hydrogen-bond donors (Lipinski definition) is 1. The number of benzene rings is 1. The van der Waals surface area contributed by atoms with Crippen molar-refractivity contribution in [1.29, 1.82) is 0 Å². The minimum Gasteiger partial charge on any atom is -0.508 e. The summed E-state index contributed by atoms with van der Waals surface area (Å²) in [6.45, 7) is 4.48. The van der Waals surface area contributed by atoms with Crippen LogP contribution < -0.4 is 4.90 Å². The highest BCUT2D eigenvalue weighted by atomic mass is 16.5. The van der Waals surface area contributed by atoms with Crippen LogP contribution in [-0.4, -0.2) is 47.2 Å². The molecule has 1 N–H and O–H groups in total. The van der Waals surface area contributed by atoms with Gasteiger partial charge in [-0.15, -0.1) is 0 Å². The van der Waals surface area contributed by atoms with Gasteiger partial charge in [0.1, 0.15) is 5.75 Å². The highest BCUT2D eigenvalue weighted by Gasteiger charge is 2.24. The number of aromatic nitrogens is 1. The highest BCUT2D eigenvalue weighted by molar-refractivity contribution is 5.91. The topological polar surface area (TPSA) is 69.8 Å². The third kappa shape index (κ3) is 2.84. The second-order valence-corrected chi connectivity index (χ2v) is 5.13. The molecule has 0 atom stereocenters. The lowest BCUT2D eigenvalue weighted by molar-refractivity contribution is 0.0704. The van der Waals surface area contributed by atoms with E-state index in [1.165, 1.54) is 0 Å². The number of carbonyl (C=O) groups is 1. The van der Waals surface area contributed by atoms with Gasteiger partial charge < -0.3 is 19.4 Å². The van der Waals surface area contributed by atoms with Gasteiger partial charge in [0.15, 0.2) is 0 Å². The first-order valence-corrected chi connectivity index (χ1v) is 6.90. The monoisotopic (exact) mass is 287 g/mol. The van der Waals surface area contributed by atoms with Crippen LogP contribution >= 0.6 is 0 Å². The Morgan fingerprint density at radius 3 is 2.62 bits per heavy atom. The van der Waals surface area contributed by atoms with Crippen molar-refractivity contribution in [2.45, 2.75) is 6.92 Å². The lowest BCUT2D eigenvalue weighted by Gasteiger charge is -2.35. The Labute approximate surface area is 122 Å². The van der Waals surface area contributed by atoms with E-state index in [2.05, 4.69) is 10.1 Å². The average molecular weight is 287 g/mol. The van der Waals surface area contributed by atoms with Gasteiger partial charge in [0.05, 0.1) is 5.69 Å². The normalized spacial score (nSPS) is 15.3. The van der Waals surface area contributed by atoms with Crippen LogP contribution in [-0.2, 0) is 0 Å². The number of aromatic hydroxyl groups is 1. The predicted molar refractivity (Wildman–Crippen MR) is 77.5 cm³/mol. The Hall–Kier alpha value is -2.50. The number of rotatable bonds is 2. The Kier molecular flexibility index (Phi) is 3.51. The summed E-state index contributed by atoms with van der Waals surface area (Å²) in [5.74, 6) is 0.424. The molecule has 0 unspecified atom stereocenters. The first kappa shape index (κ1) is 13.5. The molecule has 0 saturated carbocycles. The Bertz CT molecular complexity index is 645. The number of anilines is 1. The van der Waals surface area contributed by atoms with E-state index in [0.29, 0.717) is 24.5 Å². The predicted octanol–water partition coefficient (Wildman–Crippen LogP) is 1.65. The minimum absolute atomic E-state index is 0.119. The van der Waals surface area contributed by atoms with Gasteiger partial charge in [-0.05, 0) is 19.1 Å². The molecule has 1 aromatic carbocycles. The molecule has 1 amide bonds. The lowest BCUT2D eigenvalue weighted by atomic mass is 10.2. The van der Waals surface area contributed by atoms with Crippen molar-refractivity contribution in [3.8, 4) is 5.75 Å². The number of phenols is 1. The van der Waals surface area contributed by atoms with Gasteiger partial charge in [-0.1, -0.05) is 11.2 Å². The van der Waals surface area contributed by atoms with E-state index in [1.54, 1.807) is 30.0 Å². The van der Waals surface area contributed by atoms with Crippen LogP contribution in [0.2, 0.25) is 0 Å². The smallest absolute Gasteiger partial charge is 0.292 e. The van der Waals surface area contributed by atoms with Crippen LogP contribution in [0.3, 0.4) is 0 Å². The molecular formula is C15H17N3O3. The van der Waals surface area contributed by atoms with Crippen LogP contribution in [0, 0.1) is 6.92 Å². The number of nitrogens with zero attached hydrogens (tertiary/aromatic N) is 3. The molecule has 1 fully saturated rings. The van der Waals surface area contributed by atoms with E-state index in [9.17, 15) is 9.90 Å². The molecule has 3 rings (SSSR count). The standard InChI is InChI=1S/C15H17N3O3/c1-11-9-14(21-16-11)15(20)18-7-5-17(6-8-18)12-3-2-4-13(19)10-12/h2-4,9-10,19H,5-8H2,1H3. The fourth-order valence-electron chi connectivity index (χ4n) is 2.48. The Balaban J connectivity index is 1.64. The number of amides is 1.